The molecule has 2 heteroatoms. The summed E-state index contributed by atoms with van der Waals surface area (Å²) in [5.41, 5.74) is 0. The van der Waals surface area contributed by atoms with Crippen LogP contribution in [0.5, 0.6) is 0 Å². The molecule has 0 aromatic carbocycles. The molecule has 1 heterocycles. The molecule has 0 aliphatic carbocycles. The normalized spacial score (nSPS) is 26.8. The fourth-order valence-electron chi connectivity index (χ4n) is 2.41. The highest BCUT2D eigenvalue weighted by atomic mass is 15.2. The van der Waals surface area contributed by atoms with Gasteiger partial charge in [-0.3, -0.25) is 0 Å². The molecule has 0 unspecified atom stereocenters. The molecule has 0 bridgehead atoms. The van der Waals surface area contributed by atoms with E-state index < -0.39 is 0 Å². The lowest BCUT2D eigenvalue weighted by Gasteiger charge is -2.24. The van der Waals surface area contributed by atoms with E-state index in [9.17, 15) is 0 Å². The van der Waals surface area contributed by atoms with Gasteiger partial charge in [0.05, 0.1) is 0 Å². The summed E-state index contributed by atoms with van der Waals surface area (Å²) in [5.74, 6) is 0.863. The Hall–Kier alpha value is -0.0800. The Morgan fingerprint density at radius 2 is 2.07 bits per heavy atom. The van der Waals surface area contributed by atoms with Gasteiger partial charge in [0.15, 0.2) is 0 Å². The fourth-order valence-corrected chi connectivity index (χ4v) is 2.41. The molecule has 1 aliphatic rings. The second-order valence-electron chi connectivity index (χ2n) is 5.27. The summed E-state index contributed by atoms with van der Waals surface area (Å²) in [6, 6.07) is 1.47. The summed E-state index contributed by atoms with van der Waals surface area (Å²) < 4.78 is 0. The number of likely N-dealkylation sites (N-methyl/N-ethyl adjacent to an activating group) is 1. The first kappa shape index (κ1) is 13.0. The zero-order valence-electron chi connectivity index (χ0n) is 10.9. The average Bonchev–Trinajstić information content (AvgIpc) is 2.62. The van der Waals surface area contributed by atoms with Crippen molar-refractivity contribution in [2.45, 2.75) is 58.5 Å². The Labute approximate surface area is 95.4 Å². The van der Waals surface area contributed by atoms with Crippen LogP contribution in [0.2, 0.25) is 0 Å². The third kappa shape index (κ3) is 4.52. The van der Waals surface area contributed by atoms with Gasteiger partial charge in [-0.1, -0.05) is 27.2 Å². The predicted octanol–water partition coefficient (Wildman–Crippen LogP) is 2.49. The van der Waals surface area contributed by atoms with Crippen LogP contribution in [0.15, 0.2) is 0 Å². The van der Waals surface area contributed by atoms with Crippen molar-refractivity contribution in [3.63, 3.8) is 0 Å². The van der Waals surface area contributed by atoms with Gasteiger partial charge in [-0.15, -0.1) is 0 Å². The van der Waals surface area contributed by atoms with Crippen molar-refractivity contribution >= 4 is 0 Å². The molecule has 0 aromatic heterocycles. The van der Waals surface area contributed by atoms with Gasteiger partial charge in [0.1, 0.15) is 0 Å². The standard InChI is InChI=1S/C13H28N2/c1-5-11(3)9-12(6-2)14-13-7-8-15(4)10-13/h11-14H,5-10H2,1-4H3/t11-,12+,13-/m1/s1. The lowest BCUT2D eigenvalue weighted by atomic mass is 9.97. The first-order valence-corrected chi connectivity index (χ1v) is 6.60. The van der Waals surface area contributed by atoms with E-state index in [2.05, 4.69) is 38.0 Å². The molecular formula is C13H28N2. The van der Waals surface area contributed by atoms with E-state index in [0.29, 0.717) is 0 Å². The summed E-state index contributed by atoms with van der Waals surface area (Å²) in [7, 11) is 2.22. The topological polar surface area (TPSA) is 15.3 Å². The lowest BCUT2D eigenvalue weighted by Crippen LogP contribution is -2.40. The predicted molar refractivity (Wildman–Crippen MR) is 67.2 cm³/mol. The first-order valence-electron chi connectivity index (χ1n) is 6.60. The van der Waals surface area contributed by atoms with Crippen LogP contribution in [0.3, 0.4) is 0 Å². The molecule has 1 rings (SSSR count). The minimum absolute atomic E-state index is 0.733. The van der Waals surface area contributed by atoms with Gasteiger partial charge in [0.2, 0.25) is 0 Å². The third-order valence-corrected chi connectivity index (χ3v) is 3.74. The minimum Gasteiger partial charge on any atom is -0.310 e. The van der Waals surface area contributed by atoms with Crippen LogP contribution in [0.4, 0.5) is 0 Å². The lowest BCUT2D eigenvalue weighted by molar-refractivity contribution is 0.337. The number of hydrogen-bond acceptors (Lipinski definition) is 2. The Bertz CT molecular complexity index is 170. The SMILES string of the molecule is CC[C@@H](C)C[C@H](CC)N[C@@H]1CCN(C)C1. The summed E-state index contributed by atoms with van der Waals surface area (Å²) in [4.78, 5) is 2.42. The smallest absolute Gasteiger partial charge is 0.0209 e. The molecule has 3 atom stereocenters. The van der Waals surface area contributed by atoms with Gasteiger partial charge < -0.3 is 10.2 Å². The quantitative estimate of drug-likeness (QED) is 0.728. The van der Waals surface area contributed by atoms with Crippen LogP contribution in [0.1, 0.15) is 46.5 Å². The molecule has 0 spiro atoms. The van der Waals surface area contributed by atoms with Crippen molar-refractivity contribution in [2.24, 2.45) is 5.92 Å². The monoisotopic (exact) mass is 212 g/mol. The maximum atomic E-state index is 3.82. The summed E-state index contributed by atoms with van der Waals surface area (Å²) in [6.45, 7) is 9.46. The number of nitrogens with zero attached hydrogens (tertiary/aromatic N) is 1. The van der Waals surface area contributed by atoms with Crippen LogP contribution < -0.4 is 5.32 Å². The van der Waals surface area contributed by atoms with E-state index in [-0.39, 0.29) is 0 Å². The van der Waals surface area contributed by atoms with Gasteiger partial charge in [-0.2, -0.15) is 0 Å². The molecule has 0 saturated carbocycles. The Balaban J connectivity index is 2.27. The summed E-state index contributed by atoms with van der Waals surface area (Å²) >= 11 is 0. The van der Waals surface area contributed by atoms with E-state index in [0.717, 1.165) is 18.0 Å². The third-order valence-electron chi connectivity index (χ3n) is 3.74. The van der Waals surface area contributed by atoms with Crippen molar-refractivity contribution in [2.75, 3.05) is 20.1 Å². The van der Waals surface area contributed by atoms with E-state index in [1.165, 1.54) is 38.8 Å². The number of nitrogens with one attached hydrogen (secondary N) is 1. The average molecular weight is 212 g/mol. The van der Waals surface area contributed by atoms with E-state index in [4.69, 9.17) is 0 Å². The van der Waals surface area contributed by atoms with Crippen LogP contribution >= 0.6 is 0 Å². The van der Waals surface area contributed by atoms with Gasteiger partial charge in [-0.05, 0) is 38.8 Å². The van der Waals surface area contributed by atoms with E-state index in [1.807, 2.05) is 0 Å². The first-order chi connectivity index (χ1) is 7.15. The molecular weight excluding hydrogens is 184 g/mol. The van der Waals surface area contributed by atoms with Crippen LogP contribution in [0, 0.1) is 5.92 Å². The number of rotatable bonds is 6. The van der Waals surface area contributed by atoms with Crippen LogP contribution in [-0.4, -0.2) is 37.1 Å². The second-order valence-corrected chi connectivity index (χ2v) is 5.27. The van der Waals surface area contributed by atoms with Gasteiger partial charge in [0.25, 0.3) is 0 Å². The molecule has 0 aromatic rings. The fraction of sp³-hybridized carbons (Fsp3) is 1.00. The largest absolute Gasteiger partial charge is 0.310 e. The van der Waals surface area contributed by atoms with Crippen LogP contribution in [0.25, 0.3) is 0 Å². The molecule has 1 fully saturated rings. The van der Waals surface area contributed by atoms with Crippen LogP contribution in [-0.2, 0) is 0 Å². The molecule has 0 amide bonds. The molecule has 15 heavy (non-hydrogen) atoms. The molecule has 1 aliphatic heterocycles. The Kier molecular flexibility index (Phi) is 5.62. The van der Waals surface area contributed by atoms with Crippen molar-refractivity contribution < 1.29 is 0 Å². The maximum absolute atomic E-state index is 3.82. The van der Waals surface area contributed by atoms with Gasteiger partial charge in [-0.25, -0.2) is 0 Å². The zero-order valence-corrected chi connectivity index (χ0v) is 10.9. The second kappa shape index (κ2) is 6.49. The zero-order chi connectivity index (χ0) is 11.3. The summed E-state index contributed by atoms with van der Waals surface area (Å²) in [6.07, 6.45) is 5.24. The van der Waals surface area contributed by atoms with Crippen molar-refractivity contribution in [3.8, 4) is 0 Å². The Morgan fingerprint density at radius 3 is 2.53 bits per heavy atom. The Morgan fingerprint density at radius 1 is 1.33 bits per heavy atom. The highest BCUT2D eigenvalue weighted by Crippen LogP contribution is 2.15. The van der Waals surface area contributed by atoms with E-state index >= 15 is 0 Å². The van der Waals surface area contributed by atoms with E-state index in [1.54, 1.807) is 0 Å². The van der Waals surface area contributed by atoms with Crippen molar-refractivity contribution in [3.05, 3.63) is 0 Å². The summed E-state index contributed by atoms with van der Waals surface area (Å²) in [5, 5.41) is 3.82. The molecule has 2 nitrogen and oxygen atoms in total. The minimum atomic E-state index is 0.733. The molecule has 1 N–H and O–H groups in total. The molecule has 0 radical (unpaired) electrons. The van der Waals surface area contributed by atoms with Crippen molar-refractivity contribution in [1.82, 2.24) is 10.2 Å². The van der Waals surface area contributed by atoms with Gasteiger partial charge >= 0.3 is 0 Å². The number of likely N-dealkylation sites (tertiary alicyclic amines) is 1. The number of hydrogen-bond donors (Lipinski definition) is 1. The molecule has 90 valence electrons. The highest BCUT2D eigenvalue weighted by Gasteiger charge is 2.22. The molecule has 1 saturated heterocycles. The maximum Gasteiger partial charge on any atom is 0.0209 e. The highest BCUT2D eigenvalue weighted by molar-refractivity contribution is 4.82. The van der Waals surface area contributed by atoms with Crippen molar-refractivity contribution in [1.29, 1.82) is 0 Å². The van der Waals surface area contributed by atoms with Gasteiger partial charge in [0, 0.05) is 18.6 Å².